The molecule has 1 heterocycles. The van der Waals surface area contributed by atoms with E-state index in [2.05, 4.69) is 70.4 Å². The number of aromatic nitrogens is 1. The van der Waals surface area contributed by atoms with Gasteiger partial charge in [-0.05, 0) is 42.8 Å². The summed E-state index contributed by atoms with van der Waals surface area (Å²) in [5.74, 6) is 0. The van der Waals surface area contributed by atoms with Crippen molar-refractivity contribution in [3.05, 3.63) is 63.9 Å². The minimum atomic E-state index is 0.312. The molecule has 0 spiro atoms. The molecule has 0 amide bonds. The summed E-state index contributed by atoms with van der Waals surface area (Å²) in [6.07, 6.45) is 2.79. The minimum Gasteiger partial charge on any atom is -0.310 e. The summed E-state index contributed by atoms with van der Waals surface area (Å²) in [5, 5.41) is 3.54. The molecule has 2 nitrogen and oxygen atoms in total. The number of nitrogens with zero attached hydrogens (tertiary/aromatic N) is 1. The minimum absolute atomic E-state index is 0.312. The van der Waals surface area contributed by atoms with E-state index < -0.39 is 0 Å². The lowest BCUT2D eigenvalue weighted by atomic mass is 10.00. The van der Waals surface area contributed by atoms with Crippen LogP contribution in [0.4, 0.5) is 0 Å². The van der Waals surface area contributed by atoms with E-state index in [0.717, 1.165) is 23.1 Å². The SMILES string of the molecule is CCNC(Cc1ncccc1C)c1ccc(Br)cc1. The van der Waals surface area contributed by atoms with Crippen LogP contribution in [0.5, 0.6) is 0 Å². The molecule has 0 radical (unpaired) electrons. The first-order chi connectivity index (χ1) is 9.20. The van der Waals surface area contributed by atoms with Crippen LogP contribution >= 0.6 is 15.9 Å². The predicted molar refractivity (Wildman–Crippen MR) is 83.2 cm³/mol. The van der Waals surface area contributed by atoms with Crippen LogP contribution in [0.3, 0.4) is 0 Å². The van der Waals surface area contributed by atoms with Gasteiger partial charge in [0.15, 0.2) is 0 Å². The largest absolute Gasteiger partial charge is 0.310 e. The Morgan fingerprint density at radius 3 is 2.58 bits per heavy atom. The van der Waals surface area contributed by atoms with Crippen molar-refractivity contribution < 1.29 is 0 Å². The van der Waals surface area contributed by atoms with Crippen molar-refractivity contribution in [2.24, 2.45) is 0 Å². The van der Waals surface area contributed by atoms with Gasteiger partial charge in [0.25, 0.3) is 0 Å². The number of hydrogen-bond acceptors (Lipinski definition) is 2. The second-order valence-corrected chi connectivity index (χ2v) is 5.55. The zero-order chi connectivity index (χ0) is 13.7. The van der Waals surface area contributed by atoms with Crippen LogP contribution in [-0.2, 0) is 6.42 Å². The molecule has 0 saturated carbocycles. The molecule has 3 heteroatoms. The smallest absolute Gasteiger partial charge is 0.0451 e. The Kier molecular flexibility index (Phi) is 5.11. The molecule has 0 aliphatic heterocycles. The van der Waals surface area contributed by atoms with E-state index in [1.807, 2.05) is 12.3 Å². The third-order valence-electron chi connectivity index (χ3n) is 3.24. The first-order valence-corrected chi connectivity index (χ1v) is 7.39. The van der Waals surface area contributed by atoms with Crippen molar-refractivity contribution in [1.82, 2.24) is 10.3 Å². The summed E-state index contributed by atoms with van der Waals surface area (Å²) in [4.78, 5) is 4.49. The number of likely N-dealkylation sites (N-methyl/N-ethyl adjacent to an activating group) is 1. The molecular formula is C16H19BrN2. The normalized spacial score (nSPS) is 12.4. The molecule has 1 unspecified atom stereocenters. The molecule has 100 valence electrons. The lowest BCUT2D eigenvalue weighted by Gasteiger charge is -2.19. The number of halogens is 1. The van der Waals surface area contributed by atoms with Crippen molar-refractivity contribution in [3.63, 3.8) is 0 Å². The molecule has 1 N–H and O–H groups in total. The van der Waals surface area contributed by atoms with Gasteiger partial charge in [-0.3, -0.25) is 4.98 Å². The summed E-state index contributed by atoms with van der Waals surface area (Å²) in [6.45, 7) is 5.21. The molecular weight excluding hydrogens is 300 g/mol. The number of rotatable bonds is 5. The molecule has 19 heavy (non-hydrogen) atoms. The van der Waals surface area contributed by atoms with E-state index >= 15 is 0 Å². The summed E-state index contributed by atoms with van der Waals surface area (Å²) < 4.78 is 1.11. The second kappa shape index (κ2) is 6.83. The van der Waals surface area contributed by atoms with Gasteiger partial charge in [-0.1, -0.05) is 41.1 Å². The number of aryl methyl sites for hydroxylation is 1. The van der Waals surface area contributed by atoms with Gasteiger partial charge in [0.1, 0.15) is 0 Å². The van der Waals surface area contributed by atoms with E-state index in [1.54, 1.807) is 0 Å². The van der Waals surface area contributed by atoms with Crippen molar-refractivity contribution in [1.29, 1.82) is 0 Å². The van der Waals surface area contributed by atoms with Gasteiger partial charge in [0, 0.05) is 28.8 Å². The molecule has 2 aromatic rings. The molecule has 0 saturated heterocycles. The Balaban J connectivity index is 2.21. The van der Waals surface area contributed by atoms with Crippen LogP contribution < -0.4 is 5.32 Å². The van der Waals surface area contributed by atoms with Crippen molar-refractivity contribution in [2.45, 2.75) is 26.3 Å². The Morgan fingerprint density at radius 2 is 1.95 bits per heavy atom. The van der Waals surface area contributed by atoms with Gasteiger partial charge in [0.2, 0.25) is 0 Å². The van der Waals surface area contributed by atoms with E-state index in [1.165, 1.54) is 11.1 Å². The summed E-state index contributed by atoms with van der Waals surface area (Å²) in [6, 6.07) is 12.9. The van der Waals surface area contributed by atoms with Gasteiger partial charge >= 0.3 is 0 Å². The molecule has 1 aromatic carbocycles. The van der Waals surface area contributed by atoms with Crippen LogP contribution in [0.15, 0.2) is 47.1 Å². The van der Waals surface area contributed by atoms with Gasteiger partial charge < -0.3 is 5.32 Å². The maximum atomic E-state index is 4.49. The van der Waals surface area contributed by atoms with Crippen LogP contribution in [0.1, 0.15) is 29.8 Å². The highest BCUT2D eigenvalue weighted by molar-refractivity contribution is 9.10. The molecule has 1 atom stereocenters. The van der Waals surface area contributed by atoms with E-state index in [-0.39, 0.29) is 0 Å². The molecule has 0 aliphatic carbocycles. The number of pyridine rings is 1. The lowest BCUT2D eigenvalue weighted by molar-refractivity contribution is 0.542. The Morgan fingerprint density at radius 1 is 1.21 bits per heavy atom. The van der Waals surface area contributed by atoms with Gasteiger partial charge in [-0.15, -0.1) is 0 Å². The van der Waals surface area contributed by atoms with E-state index in [0.29, 0.717) is 6.04 Å². The van der Waals surface area contributed by atoms with E-state index in [4.69, 9.17) is 0 Å². The zero-order valence-electron chi connectivity index (χ0n) is 11.4. The Hall–Kier alpha value is -1.19. The fraction of sp³-hybridized carbons (Fsp3) is 0.312. The maximum Gasteiger partial charge on any atom is 0.0451 e. The summed E-state index contributed by atoms with van der Waals surface area (Å²) in [7, 11) is 0. The number of benzene rings is 1. The third-order valence-corrected chi connectivity index (χ3v) is 3.77. The quantitative estimate of drug-likeness (QED) is 0.899. The fourth-order valence-corrected chi connectivity index (χ4v) is 2.44. The van der Waals surface area contributed by atoms with Crippen molar-refractivity contribution in [2.75, 3.05) is 6.54 Å². The molecule has 1 aromatic heterocycles. The molecule has 2 rings (SSSR count). The maximum absolute atomic E-state index is 4.49. The Labute approximate surface area is 123 Å². The van der Waals surface area contributed by atoms with Crippen molar-refractivity contribution in [3.8, 4) is 0 Å². The highest BCUT2D eigenvalue weighted by Crippen LogP contribution is 2.21. The first-order valence-electron chi connectivity index (χ1n) is 6.60. The fourth-order valence-electron chi connectivity index (χ4n) is 2.17. The van der Waals surface area contributed by atoms with Crippen LogP contribution in [0.2, 0.25) is 0 Å². The third kappa shape index (κ3) is 3.88. The van der Waals surface area contributed by atoms with Gasteiger partial charge in [-0.25, -0.2) is 0 Å². The monoisotopic (exact) mass is 318 g/mol. The number of hydrogen-bond donors (Lipinski definition) is 1. The Bertz CT molecular complexity index is 523. The topological polar surface area (TPSA) is 24.9 Å². The molecule has 0 aliphatic rings. The predicted octanol–water partition coefficient (Wildman–Crippen LogP) is 4.05. The van der Waals surface area contributed by atoms with Gasteiger partial charge in [-0.2, -0.15) is 0 Å². The summed E-state index contributed by atoms with van der Waals surface area (Å²) in [5.41, 5.74) is 3.72. The highest BCUT2D eigenvalue weighted by Gasteiger charge is 2.13. The van der Waals surface area contributed by atoms with Crippen molar-refractivity contribution >= 4 is 15.9 Å². The lowest BCUT2D eigenvalue weighted by Crippen LogP contribution is -2.23. The zero-order valence-corrected chi connectivity index (χ0v) is 12.9. The van der Waals surface area contributed by atoms with Gasteiger partial charge in [0.05, 0.1) is 0 Å². The molecule has 0 bridgehead atoms. The van der Waals surface area contributed by atoms with Crippen LogP contribution in [0, 0.1) is 6.92 Å². The van der Waals surface area contributed by atoms with Crippen LogP contribution in [0.25, 0.3) is 0 Å². The first kappa shape index (κ1) is 14.2. The average molecular weight is 319 g/mol. The summed E-state index contributed by atoms with van der Waals surface area (Å²) >= 11 is 3.48. The molecule has 0 fully saturated rings. The highest BCUT2D eigenvalue weighted by atomic mass is 79.9. The average Bonchev–Trinajstić information content (AvgIpc) is 2.42. The van der Waals surface area contributed by atoms with Crippen LogP contribution in [-0.4, -0.2) is 11.5 Å². The van der Waals surface area contributed by atoms with E-state index in [9.17, 15) is 0 Å². The standard InChI is InChI=1S/C16H19BrN2/c1-3-18-16(13-6-8-14(17)9-7-13)11-15-12(2)5-4-10-19-15/h4-10,16,18H,3,11H2,1-2H3. The number of nitrogens with one attached hydrogen (secondary N) is 1. The second-order valence-electron chi connectivity index (χ2n) is 4.63.